The fraction of sp³-hybridized carbons (Fsp3) is 0.444. The van der Waals surface area contributed by atoms with Gasteiger partial charge in [-0.05, 0) is 47.4 Å². The van der Waals surface area contributed by atoms with Gasteiger partial charge in [-0.25, -0.2) is 0 Å². The summed E-state index contributed by atoms with van der Waals surface area (Å²) in [6, 6.07) is 12.7. The predicted octanol–water partition coefficient (Wildman–Crippen LogP) is 3.95. The van der Waals surface area contributed by atoms with E-state index in [-0.39, 0.29) is 0 Å². The molecule has 0 amide bonds. The zero-order chi connectivity index (χ0) is 15.0. The van der Waals surface area contributed by atoms with Crippen molar-refractivity contribution >= 4 is 17.0 Å². The highest BCUT2D eigenvalue weighted by atomic mass is 32.1. The molecule has 0 aliphatic carbocycles. The second-order valence-corrected chi connectivity index (χ2v) is 6.38. The van der Waals surface area contributed by atoms with Crippen LogP contribution in [0.4, 0.5) is 5.69 Å². The minimum absolute atomic E-state index is 0.307. The number of hydrogen-bond donors (Lipinski definition) is 0. The van der Waals surface area contributed by atoms with E-state index in [1.165, 1.54) is 17.7 Å². The normalized spacial score (nSPS) is 17.7. The van der Waals surface area contributed by atoms with Gasteiger partial charge in [0.2, 0.25) is 0 Å². The van der Waals surface area contributed by atoms with Gasteiger partial charge in [-0.3, -0.25) is 0 Å². The zero-order valence-corrected chi connectivity index (χ0v) is 13.6. The number of ether oxygens (including phenoxy) is 2. The Bertz CT molecular complexity index is 523. The first kappa shape index (κ1) is 15.5. The molecule has 22 heavy (non-hydrogen) atoms. The molecular formula is C18H23NO2S. The van der Waals surface area contributed by atoms with Gasteiger partial charge >= 0.3 is 0 Å². The van der Waals surface area contributed by atoms with Crippen LogP contribution < -0.4 is 4.90 Å². The largest absolute Gasteiger partial charge is 0.377 e. The van der Waals surface area contributed by atoms with Gasteiger partial charge in [0.15, 0.2) is 0 Å². The average Bonchev–Trinajstić information content (AvgIpc) is 3.25. The predicted molar refractivity (Wildman–Crippen MR) is 91.6 cm³/mol. The molecule has 0 bridgehead atoms. The van der Waals surface area contributed by atoms with Crippen molar-refractivity contribution in [3.8, 4) is 0 Å². The van der Waals surface area contributed by atoms with Crippen LogP contribution in [0.1, 0.15) is 18.4 Å². The van der Waals surface area contributed by atoms with Crippen LogP contribution in [0, 0.1) is 0 Å². The van der Waals surface area contributed by atoms with Crippen LogP contribution in [-0.4, -0.2) is 32.5 Å². The summed E-state index contributed by atoms with van der Waals surface area (Å²) in [4.78, 5) is 2.37. The van der Waals surface area contributed by atoms with E-state index < -0.39 is 0 Å². The van der Waals surface area contributed by atoms with Gasteiger partial charge < -0.3 is 14.4 Å². The molecule has 2 heterocycles. The van der Waals surface area contributed by atoms with E-state index in [0.717, 1.165) is 39.3 Å². The lowest BCUT2D eigenvalue weighted by atomic mass is 10.2. The SMILES string of the molecule is c1ccc(N(CCOCC2CCCO2)Cc2ccsc2)cc1. The molecule has 1 unspecified atom stereocenters. The molecular weight excluding hydrogens is 294 g/mol. The number of thiophene rings is 1. The minimum Gasteiger partial charge on any atom is -0.377 e. The van der Waals surface area contributed by atoms with Gasteiger partial charge in [-0.15, -0.1) is 0 Å². The molecule has 1 fully saturated rings. The quantitative estimate of drug-likeness (QED) is 0.688. The Kier molecular flexibility index (Phi) is 5.87. The number of benzene rings is 1. The number of hydrogen-bond acceptors (Lipinski definition) is 4. The lowest BCUT2D eigenvalue weighted by Crippen LogP contribution is -2.28. The van der Waals surface area contributed by atoms with E-state index in [4.69, 9.17) is 9.47 Å². The molecule has 1 saturated heterocycles. The van der Waals surface area contributed by atoms with Crippen LogP contribution in [-0.2, 0) is 16.0 Å². The summed E-state index contributed by atoms with van der Waals surface area (Å²) in [5.41, 5.74) is 2.60. The monoisotopic (exact) mass is 317 g/mol. The second-order valence-electron chi connectivity index (χ2n) is 5.60. The molecule has 1 aliphatic heterocycles. The highest BCUT2D eigenvalue weighted by molar-refractivity contribution is 7.07. The van der Waals surface area contributed by atoms with Crippen molar-refractivity contribution < 1.29 is 9.47 Å². The highest BCUT2D eigenvalue weighted by Gasteiger charge is 2.15. The maximum atomic E-state index is 5.82. The molecule has 2 aromatic rings. The summed E-state index contributed by atoms with van der Waals surface area (Å²) in [7, 11) is 0. The fourth-order valence-electron chi connectivity index (χ4n) is 2.71. The third kappa shape index (κ3) is 4.57. The van der Waals surface area contributed by atoms with Crippen molar-refractivity contribution in [1.29, 1.82) is 0 Å². The highest BCUT2D eigenvalue weighted by Crippen LogP contribution is 2.18. The summed E-state index contributed by atoms with van der Waals surface area (Å²) in [6.07, 6.45) is 2.61. The molecule has 1 aromatic heterocycles. The summed E-state index contributed by atoms with van der Waals surface area (Å²) in [5.74, 6) is 0. The summed E-state index contributed by atoms with van der Waals surface area (Å²) >= 11 is 1.75. The molecule has 0 N–H and O–H groups in total. The topological polar surface area (TPSA) is 21.7 Å². The molecule has 0 radical (unpaired) electrons. The Morgan fingerprint density at radius 3 is 2.86 bits per heavy atom. The van der Waals surface area contributed by atoms with E-state index in [9.17, 15) is 0 Å². The van der Waals surface area contributed by atoms with Gasteiger partial charge in [0, 0.05) is 25.4 Å². The summed E-state index contributed by atoms with van der Waals surface area (Å²) in [5, 5.41) is 4.34. The first-order valence-electron chi connectivity index (χ1n) is 7.92. The number of para-hydroxylation sites is 1. The van der Waals surface area contributed by atoms with E-state index in [0.29, 0.717) is 6.10 Å². The van der Waals surface area contributed by atoms with Crippen LogP contribution in [0.5, 0.6) is 0 Å². The number of anilines is 1. The molecule has 4 heteroatoms. The fourth-order valence-corrected chi connectivity index (χ4v) is 3.37. The molecule has 1 atom stereocenters. The number of rotatable bonds is 8. The number of nitrogens with zero attached hydrogens (tertiary/aromatic N) is 1. The molecule has 0 saturated carbocycles. The Labute approximate surface area is 136 Å². The van der Waals surface area contributed by atoms with Gasteiger partial charge in [0.05, 0.1) is 19.3 Å². The van der Waals surface area contributed by atoms with Crippen molar-refractivity contribution in [2.75, 3.05) is 31.3 Å². The van der Waals surface area contributed by atoms with Gasteiger partial charge in [0.1, 0.15) is 0 Å². The molecule has 1 aromatic carbocycles. The standard InChI is InChI=1S/C18H23NO2S/c1-2-5-17(6-3-1)19(13-16-8-12-22-15-16)9-11-20-14-18-7-4-10-21-18/h1-3,5-6,8,12,15,18H,4,7,9-11,13-14H2. The van der Waals surface area contributed by atoms with Crippen molar-refractivity contribution in [3.05, 3.63) is 52.7 Å². The maximum Gasteiger partial charge on any atom is 0.0809 e. The smallest absolute Gasteiger partial charge is 0.0809 e. The van der Waals surface area contributed by atoms with Crippen molar-refractivity contribution in [2.24, 2.45) is 0 Å². The van der Waals surface area contributed by atoms with Gasteiger partial charge in [0.25, 0.3) is 0 Å². The molecule has 3 rings (SSSR count). The van der Waals surface area contributed by atoms with E-state index >= 15 is 0 Å². The lowest BCUT2D eigenvalue weighted by molar-refractivity contribution is 0.0195. The van der Waals surface area contributed by atoms with Gasteiger partial charge in [-0.2, -0.15) is 11.3 Å². The van der Waals surface area contributed by atoms with E-state index in [1.807, 2.05) is 0 Å². The lowest BCUT2D eigenvalue weighted by Gasteiger charge is -2.24. The Balaban J connectivity index is 1.51. The third-order valence-corrected chi connectivity index (χ3v) is 4.64. The van der Waals surface area contributed by atoms with Crippen molar-refractivity contribution in [2.45, 2.75) is 25.5 Å². The Hall–Kier alpha value is -1.36. The third-order valence-electron chi connectivity index (χ3n) is 3.91. The van der Waals surface area contributed by atoms with Gasteiger partial charge in [-0.1, -0.05) is 18.2 Å². The molecule has 118 valence electrons. The summed E-state index contributed by atoms with van der Waals surface area (Å²) < 4.78 is 11.4. The van der Waals surface area contributed by atoms with Crippen molar-refractivity contribution in [1.82, 2.24) is 0 Å². The average molecular weight is 317 g/mol. The van der Waals surface area contributed by atoms with Crippen LogP contribution in [0.15, 0.2) is 47.2 Å². The minimum atomic E-state index is 0.307. The van der Waals surface area contributed by atoms with Crippen LogP contribution >= 0.6 is 11.3 Å². The van der Waals surface area contributed by atoms with Crippen LogP contribution in [0.2, 0.25) is 0 Å². The van der Waals surface area contributed by atoms with E-state index in [2.05, 4.69) is 52.1 Å². The first-order valence-corrected chi connectivity index (χ1v) is 8.86. The zero-order valence-electron chi connectivity index (χ0n) is 12.8. The molecule has 3 nitrogen and oxygen atoms in total. The van der Waals surface area contributed by atoms with Crippen LogP contribution in [0.25, 0.3) is 0 Å². The first-order chi connectivity index (χ1) is 10.9. The van der Waals surface area contributed by atoms with E-state index in [1.54, 1.807) is 11.3 Å². The summed E-state index contributed by atoms with van der Waals surface area (Å²) in [6.45, 7) is 4.17. The molecule has 0 spiro atoms. The maximum absolute atomic E-state index is 5.82. The molecule has 1 aliphatic rings. The Morgan fingerprint density at radius 1 is 1.23 bits per heavy atom. The Morgan fingerprint density at radius 2 is 2.14 bits per heavy atom. The van der Waals surface area contributed by atoms with Crippen molar-refractivity contribution in [3.63, 3.8) is 0 Å². The van der Waals surface area contributed by atoms with Crippen LogP contribution in [0.3, 0.4) is 0 Å². The second kappa shape index (κ2) is 8.32.